The largest absolute Gasteiger partial charge is 0.399 e. The van der Waals surface area contributed by atoms with Gasteiger partial charge >= 0.3 is 0 Å². The lowest BCUT2D eigenvalue weighted by Crippen LogP contribution is -2.22. The number of nitrogen functional groups attached to an aromatic ring is 2. The first-order valence-electron chi connectivity index (χ1n) is 8.15. The van der Waals surface area contributed by atoms with Gasteiger partial charge in [-0.05, 0) is 67.4 Å². The van der Waals surface area contributed by atoms with Crippen LogP contribution in [0.5, 0.6) is 0 Å². The number of nitrogens with one attached hydrogen (secondary N) is 1. The quantitative estimate of drug-likeness (QED) is 0.503. The molecule has 0 amide bonds. The van der Waals surface area contributed by atoms with Gasteiger partial charge in [-0.15, -0.1) is 0 Å². The summed E-state index contributed by atoms with van der Waals surface area (Å²) in [5.74, 6) is -0.202. The topological polar surface area (TPSA) is 120 Å². The normalized spacial score (nSPS) is 15.6. The summed E-state index contributed by atoms with van der Waals surface area (Å²) in [6.45, 7) is 3.84. The molecule has 2 aromatic rings. The molecule has 0 aromatic heterocycles. The fourth-order valence-electron chi connectivity index (χ4n) is 2.68. The molecule has 0 fully saturated rings. The fourth-order valence-corrected chi connectivity index (χ4v) is 2.68. The summed E-state index contributed by atoms with van der Waals surface area (Å²) < 4.78 is 0. The Hall–Kier alpha value is -3.54. The minimum absolute atomic E-state index is 0.202. The van der Waals surface area contributed by atoms with E-state index < -0.39 is 0 Å². The van der Waals surface area contributed by atoms with E-state index in [1.165, 1.54) is 6.08 Å². The number of anilines is 3. The van der Waals surface area contributed by atoms with E-state index in [4.69, 9.17) is 17.2 Å². The SMILES string of the molecule is Cc1cc(N)ccc1/N=C1/C=C(Nc2ccc(N)cc2C)C(=O)C=C1N. The third-order valence-corrected chi connectivity index (χ3v) is 4.11. The molecule has 0 heterocycles. The van der Waals surface area contributed by atoms with Gasteiger partial charge in [0.1, 0.15) is 0 Å². The maximum atomic E-state index is 12.3. The van der Waals surface area contributed by atoms with E-state index in [9.17, 15) is 4.79 Å². The maximum absolute atomic E-state index is 12.3. The molecule has 0 spiro atoms. The predicted molar refractivity (Wildman–Crippen MR) is 107 cm³/mol. The first-order chi connectivity index (χ1) is 12.3. The highest BCUT2D eigenvalue weighted by Gasteiger charge is 2.18. The van der Waals surface area contributed by atoms with Crippen molar-refractivity contribution in [2.45, 2.75) is 13.8 Å². The number of allylic oxidation sites excluding steroid dienone is 2. The van der Waals surface area contributed by atoms with Gasteiger partial charge in [0.05, 0.1) is 22.8 Å². The third kappa shape index (κ3) is 3.59. The lowest BCUT2D eigenvalue weighted by atomic mass is 10.0. The molecule has 0 bridgehead atoms. The van der Waals surface area contributed by atoms with Gasteiger partial charge in [-0.1, -0.05) is 0 Å². The zero-order chi connectivity index (χ0) is 18.8. The zero-order valence-corrected chi connectivity index (χ0v) is 14.7. The number of benzene rings is 2. The average molecular weight is 347 g/mol. The number of hydrogen-bond acceptors (Lipinski definition) is 6. The van der Waals surface area contributed by atoms with Crippen LogP contribution in [0.1, 0.15) is 11.1 Å². The highest BCUT2D eigenvalue weighted by Crippen LogP contribution is 2.24. The highest BCUT2D eigenvalue weighted by molar-refractivity contribution is 6.23. The van der Waals surface area contributed by atoms with E-state index in [1.54, 1.807) is 18.2 Å². The van der Waals surface area contributed by atoms with Gasteiger partial charge in [-0.2, -0.15) is 0 Å². The molecule has 1 aliphatic carbocycles. The van der Waals surface area contributed by atoms with Crippen molar-refractivity contribution in [2.24, 2.45) is 10.7 Å². The van der Waals surface area contributed by atoms with Crippen LogP contribution in [0.25, 0.3) is 0 Å². The Balaban J connectivity index is 1.96. The predicted octanol–water partition coefficient (Wildman–Crippen LogP) is 2.96. The summed E-state index contributed by atoms with van der Waals surface area (Å²) in [5, 5.41) is 3.14. The van der Waals surface area contributed by atoms with Crippen molar-refractivity contribution >= 4 is 34.2 Å². The number of carbonyl (C=O) groups excluding carboxylic acids is 1. The van der Waals surface area contributed by atoms with Crippen LogP contribution in [-0.2, 0) is 4.79 Å². The van der Waals surface area contributed by atoms with Gasteiger partial charge in [0.15, 0.2) is 0 Å². The van der Waals surface area contributed by atoms with Gasteiger partial charge in [0.25, 0.3) is 0 Å². The van der Waals surface area contributed by atoms with Crippen molar-refractivity contribution < 1.29 is 4.79 Å². The van der Waals surface area contributed by atoms with Crippen LogP contribution in [0.15, 0.2) is 64.9 Å². The molecule has 2 aromatic carbocycles. The number of hydrogen-bond donors (Lipinski definition) is 4. The van der Waals surface area contributed by atoms with E-state index in [0.717, 1.165) is 22.5 Å². The van der Waals surface area contributed by atoms with Crippen molar-refractivity contribution in [3.8, 4) is 0 Å². The molecule has 3 rings (SSSR count). The van der Waals surface area contributed by atoms with Crippen molar-refractivity contribution in [3.05, 3.63) is 71.1 Å². The molecular weight excluding hydrogens is 326 g/mol. The Kier molecular flexibility index (Phi) is 4.49. The van der Waals surface area contributed by atoms with Crippen LogP contribution in [0.4, 0.5) is 22.7 Å². The van der Waals surface area contributed by atoms with E-state index in [2.05, 4.69) is 10.3 Å². The van der Waals surface area contributed by atoms with Crippen LogP contribution in [0.3, 0.4) is 0 Å². The summed E-state index contributed by atoms with van der Waals surface area (Å²) >= 11 is 0. The number of aryl methyl sites for hydroxylation is 2. The molecule has 0 atom stereocenters. The first-order valence-corrected chi connectivity index (χ1v) is 8.15. The molecule has 0 radical (unpaired) electrons. The Morgan fingerprint density at radius 3 is 2.19 bits per heavy atom. The van der Waals surface area contributed by atoms with Crippen molar-refractivity contribution in [1.82, 2.24) is 0 Å². The molecule has 6 nitrogen and oxygen atoms in total. The van der Waals surface area contributed by atoms with Crippen LogP contribution >= 0.6 is 0 Å². The molecule has 0 unspecified atom stereocenters. The summed E-state index contributed by atoms with van der Waals surface area (Å²) in [5.41, 5.74) is 23.6. The second-order valence-corrected chi connectivity index (χ2v) is 6.26. The third-order valence-electron chi connectivity index (χ3n) is 4.11. The number of nitrogens with zero attached hydrogens (tertiary/aromatic N) is 1. The molecule has 6 heteroatoms. The molecule has 7 N–H and O–H groups in total. The van der Waals surface area contributed by atoms with Crippen molar-refractivity contribution in [3.63, 3.8) is 0 Å². The summed E-state index contributed by atoms with van der Waals surface area (Å²) in [6.07, 6.45) is 3.03. The Morgan fingerprint density at radius 1 is 0.885 bits per heavy atom. The molecular formula is C20H21N5O. The van der Waals surface area contributed by atoms with Crippen LogP contribution in [-0.4, -0.2) is 11.5 Å². The Labute approximate surface area is 152 Å². The molecule has 26 heavy (non-hydrogen) atoms. The molecule has 0 saturated heterocycles. The monoisotopic (exact) mass is 347 g/mol. The minimum Gasteiger partial charge on any atom is -0.399 e. The van der Waals surface area contributed by atoms with E-state index in [0.29, 0.717) is 28.5 Å². The number of ketones is 1. The first kappa shape index (κ1) is 17.3. The van der Waals surface area contributed by atoms with E-state index >= 15 is 0 Å². The Bertz CT molecular complexity index is 986. The maximum Gasteiger partial charge on any atom is 0.204 e. The van der Waals surface area contributed by atoms with Crippen LogP contribution < -0.4 is 22.5 Å². The van der Waals surface area contributed by atoms with Gasteiger partial charge in [-0.25, -0.2) is 4.99 Å². The van der Waals surface area contributed by atoms with Gasteiger partial charge in [0, 0.05) is 23.1 Å². The number of nitrogens with two attached hydrogens (primary N) is 3. The molecule has 132 valence electrons. The average Bonchev–Trinajstić information content (AvgIpc) is 2.56. The highest BCUT2D eigenvalue weighted by atomic mass is 16.1. The second-order valence-electron chi connectivity index (χ2n) is 6.26. The number of aliphatic imine (C=N–C) groups is 1. The molecule has 1 aliphatic rings. The lowest BCUT2D eigenvalue weighted by Gasteiger charge is -2.16. The van der Waals surface area contributed by atoms with Crippen molar-refractivity contribution in [1.29, 1.82) is 0 Å². The van der Waals surface area contributed by atoms with E-state index in [-0.39, 0.29) is 5.78 Å². The van der Waals surface area contributed by atoms with E-state index in [1.807, 2.05) is 38.1 Å². The van der Waals surface area contributed by atoms with Gasteiger partial charge in [0.2, 0.25) is 5.78 Å². The lowest BCUT2D eigenvalue weighted by molar-refractivity contribution is -0.111. The van der Waals surface area contributed by atoms with Crippen LogP contribution in [0.2, 0.25) is 0 Å². The number of carbonyl (C=O) groups is 1. The Morgan fingerprint density at radius 2 is 1.54 bits per heavy atom. The molecule has 0 aliphatic heterocycles. The van der Waals surface area contributed by atoms with Crippen molar-refractivity contribution in [2.75, 3.05) is 16.8 Å². The van der Waals surface area contributed by atoms with Crippen LogP contribution in [0, 0.1) is 13.8 Å². The minimum atomic E-state index is -0.202. The zero-order valence-electron chi connectivity index (χ0n) is 14.7. The smallest absolute Gasteiger partial charge is 0.204 e. The van der Waals surface area contributed by atoms with Gasteiger partial charge < -0.3 is 22.5 Å². The standard InChI is InChI=1S/C20H21N5O/c1-11-7-13(21)3-5-16(11)24-18-10-19(20(26)9-15(18)23)25-17-6-4-14(22)8-12(17)2/h3-10,25H,21-23H2,1-2H3/b24-18-. The number of rotatable bonds is 3. The molecule has 0 saturated carbocycles. The second kappa shape index (κ2) is 6.76. The van der Waals surface area contributed by atoms with Gasteiger partial charge in [-0.3, -0.25) is 4.79 Å². The fraction of sp³-hybridized carbons (Fsp3) is 0.100. The summed E-state index contributed by atoms with van der Waals surface area (Å²) in [4.78, 5) is 16.9. The summed E-state index contributed by atoms with van der Waals surface area (Å²) in [7, 11) is 0. The summed E-state index contributed by atoms with van der Waals surface area (Å²) in [6, 6.07) is 10.9.